The van der Waals surface area contributed by atoms with Crippen LogP contribution in [0.3, 0.4) is 0 Å². The average molecular weight is 274 g/mol. The van der Waals surface area contributed by atoms with Gasteiger partial charge in [0.25, 0.3) is 0 Å². The fourth-order valence-electron chi connectivity index (χ4n) is 2.75. The average Bonchev–Trinajstić information content (AvgIpc) is 2.91. The normalized spacial score (nSPS) is 22.2. The first-order valence-electron chi connectivity index (χ1n) is 7.34. The van der Waals surface area contributed by atoms with Crippen LogP contribution in [0.4, 0.5) is 0 Å². The van der Waals surface area contributed by atoms with Crippen LogP contribution in [0.1, 0.15) is 25.1 Å². The third-order valence-corrected chi connectivity index (χ3v) is 3.94. The molecule has 2 atom stereocenters. The van der Waals surface area contributed by atoms with Gasteiger partial charge in [0.15, 0.2) is 0 Å². The van der Waals surface area contributed by atoms with Crippen molar-refractivity contribution in [1.29, 1.82) is 0 Å². The van der Waals surface area contributed by atoms with Crippen molar-refractivity contribution in [2.75, 3.05) is 26.2 Å². The molecule has 1 saturated heterocycles. The molecule has 0 bridgehead atoms. The van der Waals surface area contributed by atoms with Gasteiger partial charge in [0, 0.05) is 25.0 Å². The molecule has 2 N–H and O–H groups in total. The van der Waals surface area contributed by atoms with E-state index < -0.39 is 0 Å². The molecule has 2 heterocycles. The van der Waals surface area contributed by atoms with E-state index >= 15 is 0 Å². The minimum Gasteiger partial charge on any atom is -0.459 e. The number of fused-ring (bicyclic) bond motifs is 1. The fraction of sp³-hybridized carbons (Fsp3) is 0.500. The van der Waals surface area contributed by atoms with Crippen LogP contribution in [-0.2, 0) is 4.74 Å². The Balaban J connectivity index is 1.67. The first-order valence-corrected chi connectivity index (χ1v) is 7.34. The van der Waals surface area contributed by atoms with E-state index in [1.807, 2.05) is 18.2 Å². The van der Waals surface area contributed by atoms with Crippen molar-refractivity contribution in [2.45, 2.75) is 25.5 Å². The molecular formula is C16H22N2O2. The Morgan fingerprint density at radius 2 is 2.25 bits per heavy atom. The number of benzene rings is 1. The Morgan fingerprint density at radius 3 is 3.05 bits per heavy atom. The van der Waals surface area contributed by atoms with E-state index in [2.05, 4.69) is 24.0 Å². The van der Waals surface area contributed by atoms with Gasteiger partial charge >= 0.3 is 0 Å². The van der Waals surface area contributed by atoms with Gasteiger partial charge in [-0.15, -0.1) is 0 Å². The van der Waals surface area contributed by atoms with Gasteiger partial charge in [-0.25, -0.2) is 0 Å². The molecule has 0 spiro atoms. The van der Waals surface area contributed by atoms with Gasteiger partial charge in [0.1, 0.15) is 11.3 Å². The second-order valence-corrected chi connectivity index (χ2v) is 5.45. The maximum atomic E-state index is 6.30. The van der Waals surface area contributed by atoms with Crippen LogP contribution in [0, 0.1) is 0 Å². The van der Waals surface area contributed by atoms with Crippen LogP contribution in [0.2, 0.25) is 0 Å². The molecule has 1 fully saturated rings. The van der Waals surface area contributed by atoms with Crippen molar-refractivity contribution >= 4 is 11.0 Å². The van der Waals surface area contributed by atoms with E-state index in [4.69, 9.17) is 14.9 Å². The summed E-state index contributed by atoms with van der Waals surface area (Å²) in [6.07, 6.45) is 1.39. The quantitative estimate of drug-likeness (QED) is 0.931. The Hall–Kier alpha value is -1.36. The maximum Gasteiger partial charge on any atom is 0.134 e. The lowest BCUT2D eigenvalue weighted by Crippen LogP contribution is -2.44. The molecule has 4 heteroatoms. The van der Waals surface area contributed by atoms with Gasteiger partial charge in [-0.05, 0) is 18.6 Å². The molecular weight excluding hydrogens is 252 g/mol. The maximum absolute atomic E-state index is 6.30. The lowest BCUT2D eigenvalue weighted by atomic mass is 10.1. The molecule has 4 nitrogen and oxygen atoms in total. The largest absolute Gasteiger partial charge is 0.459 e. The highest BCUT2D eigenvalue weighted by atomic mass is 16.5. The van der Waals surface area contributed by atoms with Crippen LogP contribution < -0.4 is 5.73 Å². The summed E-state index contributed by atoms with van der Waals surface area (Å²) in [7, 11) is 0. The lowest BCUT2D eigenvalue weighted by molar-refractivity contribution is -0.0316. The number of nitrogens with two attached hydrogens (primary N) is 1. The van der Waals surface area contributed by atoms with E-state index in [-0.39, 0.29) is 6.04 Å². The van der Waals surface area contributed by atoms with Gasteiger partial charge in [0.2, 0.25) is 0 Å². The summed E-state index contributed by atoms with van der Waals surface area (Å²) in [5, 5.41) is 1.12. The number of rotatable bonds is 4. The van der Waals surface area contributed by atoms with E-state index in [1.54, 1.807) is 0 Å². The second kappa shape index (κ2) is 5.95. The zero-order chi connectivity index (χ0) is 13.9. The summed E-state index contributed by atoms with van der Waals surface area (Å²) in [5.41, 5.74) is 7.21. The zero-order valence-electron chi connectivity index (χ0n) is 11.9. The standard InChI is InChI=1S/C16H22N2O2/c1-2-13-10-18(7-8-19-13)11-14(17)16-9-12-5-3-4-6-15(12)20-16/h3-6,9,13-14H,2,7-8,10-11,17H2,1H3. The molecule has 0 radical (unpaired) electrons. The highest BCUT2D eigenvalue weighted by Crippen LogP contribution is 2.23. The van der Waals surface area contributed by atoms with Gasteiger partial charge < -0.3 is 14.9 Å². The minimum absolute atomic E-state index is 0.0852. The van der Waals surface area contributed by atoms with Gasteiger partial charge in [-0.3, -0.25) is 4.90 Å². The second-order valence-electron chi connectivity index (χ2n) is 5.45. The van der Waals surface area contributed by atoms with Crippen molar-refractivity contribution in [3.63, 3.8) is 0 Å². The summed E-state index contributed by atoms with van der Waals surface area (Å²) >= 11 is 0. The van der Waals surface area contributed by atoms with Crippen molar-refractivity contribution in [3.8, 4) is 0 Å². The zero-order valence-corrected chi connectivity index (χ0v) is 11.9. The van der Waals surface area contributed by atoms with Crippen LogP contribution >= 0.6 is 0 Å². The Bertz CT molecular complexity index is 533. The lowest BCUT2D eigenvalue weighted by Gasteiger charge is -2.33. The molecule has 0 aliphatic carbocycles. The fourth-order valence-corrected chi connectivity index (χ4v) is 2.75. The first-order chi connectivity index (χ1) is 9.76. The van der Waals surface area contributed by atoms with E-state index in [9.17, 15) is 0 Å². The van der Waals surface area contributed by atoms with E-state index in [0.717, 1.165) is 49.4 Å². The van der Waals surface area contributed by atoms with Crippen molar-refractivity contribution in [1.82, 2.24) is 4.90 Å². The monoisotopic (exact) mass is 274 g/mol. The van der Waals surface area contributed by atoms with Crippen LogP contribution in [0.5, 0.6) is 0 Å². The molecule has 2 aromatic rings. The van der Waals surface area contributed by atoms with Crippen LogP contribution in [0.25, 0.3) is 11.0 Å². The Morgan fingerprint density at radius 1 is 1.40 bits per heavy atom. The number of furan rings is 1. The summed E-state index contributed by atoms with van der Waals surface area (Å²) in [5.74, 6) is 0.866. The number of nitrogens with zero attached hydrogens (tertiary/aromatic N) is 1. The highest BCUT2D eigenvalue weighted by molar-refractivity contribution is 5.77. The molecule has 108 valence electrons. The summed E-state index contributed by atoms with van der Waals surface area (Å²) in [6, 6.07) is 10.00. The topological polar surface area (TPSA) is 51.6 Å². The van der Waals surface area contributed by atoms with Crippen molar-refractivity contribution < 1.29 is 9.15 Å². The summed E-state index contributed by atoms with van der Waals surface area (Å²) in [6.45, 7) is 5.69. The highest BCUT2D eigenvalue weighted by Gasteiger charge is 2.22. The van der Waals surface area contributed by atoms with E-state index in [1.165, 1.54) is 0 Å². The van der Waals surface area contributed by atoms with Gasteiger partial charge in [0.05, 0.1) is 18.8 Å². The molecule has 0 amide bonds. The predicted octanol–water partition coefficient (Wildman–Crippen LogP) is 2.54. The number of hydrogen-bond donors (Lipinski definition) is 1. The Kier molecular flexibility index (Phi) is 4.05. The molecule has 1 aromatic carbocycles. The number of morpholine rings is 1. The van der Waals surface area contributed by atoms with Gasteiger partial charge in [-0.1, -0.05) is 25.1 Å². The Labute approximate surface area is 119 Å². The molecule has 0 saturated carbocycles. The third kappa shape index (κ3) is 2.87. The number of ether oxygens (including phenoxy) is 1. The molecule has 1 aliphatic rings. The minimum atomic E-state index is -0.0852. The van der Waals surface area contributed by atoms with Crippen LogP contribution in [-0.4, -0.2) is 37.2 Å². The van der Waals surface area contributed by atoms with Crippen LogP contribution in [0.15, 0.2) is 34.7 Å². The molecule has 1 aliphatic heterocycles. The van der Waals surface area contributed by atoms with E-state index in [0.29, 0.717) is 6.10 Å². The SMILES string of the molecule is CCC1CN(CC(N)c2cc3ccccc3o2)CCO1. The first kappa shape index (κ1) is 13.6. The number of para-hydroxylation sites is 1. The molecule has 20 heavy (non-hydrogen) atoms. The third-order valence-electron chi connectivity index (χ3n) is 3.94. The molecule has 3 rings (SSSR count). The summed E-state index contributed by atoms with van der Waals surface area (Å²) < 4.78 is 11.5. The van der Waals surface area contributed by atoms with Gasteiger partial charge in [-0.2, -0.15) is 0 Å². The smallest absolute Gasteiger partial charge is 0.134 e. The number of hydrogen-bond acceptors (Lipinski definition) is 4. The molecule has 1 aromatic heterocycles. The predicted molar refractivity (Wildman–Crippen MR) is 79.6 cm³/mol. The van der Waals surface area contributed by atoms with Crippen molar-refractivity contribution in [2.24, 2.45) is 5.73 Å². The molecule has 2 unspecified atom stereocenters. The van der Waals surface area contributed by atoms with Crippen molar-refractivity contribution in [3.05, 3.63) is 36.1 Å². The summed E-state index contributed by atoms with van der Waals surface area (Å²) in [4.78, 5) is 2.37.